The molecule has 0 aliphatic rings. The minimum atomic E-state index is -1.10. The number of aromatic nitrogens is 5. The summed E-state index contributed by atoms with van der Waals surface area (Å²) in [5.41, 5.74) is -1.61. The summed E-state index contributed by atoms with van der Waals surface area (Å²) in [6, 6.07) is 2.86. The Balaban J connectivity index is 1.59. The molecule has 1 aromatic carbocycles. The normalized spacial score (nSPS) is 12.8. The number of fused-ring (bicyclic) bond motifs is 1. The molecule has 15 heteroatoms. The number of nitrogens with zero attached hydrogens (tertiary/aromatic N) is 5. The van der Waals surface area contributed by atoms with Crippen LogP contribution >= 0.6 is 0 Å². The lowest BCUT2D eigenvalue weighted by Gasteiger charge is -2.25. The number of nitrogens with one attached hydrogen (secondary N) is 2. The van der Waals surface area contributed by atoms with E-state index in [0.29, 0.717) is 11.3 Å². The summed E-state index contributed by atoms with van der Waals surface area (Å²) >= 11 is 0. The van der Waals surface area contributed by atoms with Crippen LogP contribution in [-0.4, -0.2) is 55.7 Å². The van der Waals surface area contributed by atoms with Gasteiger partial charge in [0.05, 0.1) is 18.8 Å². The standard InChI is InChI=1S/C30H36FN7O7/c1-14(2)20(34-19(39)13-38-24(41)21(35-28(42)43-9)15(3)32-25(38)29(4,5)6)22(40)23-36-37-27(45-23)30(7,8)26-33-17-11-10-16(31)12-18(17)44-26/h10-12,14,20H,13H2,1-9H3,(H,34,39)(H,35,42)/t20-/m0/s1. The molecule has 0 saturated heterocycles. The summed E-state index contributed by atoms with van der Waals surface area (Å²) in [7, 11) is 1.15. The van der Waals surface area contributed by atoms with Gasteiger partial charge in [0.25, 0.3) is 11.4 Å². The van der Waals surface area contributed by atoms with Crippen molar-refractivity contribution < 1.29 is 32.3 Å². The van der Waals surface area contributed by atoms with Gasteiger partial charge in [-0.1, -0.05) is 34.6 Å². The molecule has 0 spiro atoms. The average molecular weight is 626 g/mol. The van der Waals surface area contributed by atoms with Gasteiger partial charge in [0, 0.05) is 11.5 Å². The van der Waals surface area contributed by atoms with E-state index in [0.717, 1.165) is 11.7 Å². The van der Waals surface area contributed by atoms with E-state index in [1.807, 2.05) is 20.8 Å². The first kappa shape index (κ1) is 33.0. The van der Waals surface area contributed by atoms with Gasteiger partial charge in [-0.25, -0.2) is 19.2 Å². The van der Waals surface area contributed by atoms with Gasteiger partial charge in [0.15, 0.2) is 5.58 Å². The highest BCUT2D eigenvalue weighted by Crippen LogP contribution is 2.32. The van der Waals surface area contributed by atoms with Crippen LogP contribution in [0.4, 0.5) is 14.9 Å². The predicted molar refractivity (Wildman–Crippen MR) is 159 cm³/mol. The molecule has 0 fully saturated rings. The van der Waals surface area contributed by atoms with E-state index in [4.69, 9.17) is 8.83 Å². The van der Waals surface area contributed by atoms with Gasteiger partial charge >= 0.3 is 6.09 Å². The van der Waals surface area contributed by atoms with Crippen LogP contribution in [0, 0.1) is 18.7 Å². The van der Waals surface area contributed by atoms with E-state index in [9.17, 15) is 23.6 Å². The summed E-state index contributed by atoms with van der Waals surface area (Å²) in [6.45, 7) is 13.4. The fourth-order valence-electron chi connectivity index (χ4n) is 4.54. The lowest BCUT2D eigenvalue weighted by Crippen LogP contribution is -2.47. The number of ether oxygens (including phenoxy) is 1. The largest absolute Gasteiger partial charge is 0.453 e. The maximum absolute atomic E-state index is 13.7. The zero-order valence-corrected chi connectivity index (χ0v) is 26.6. The average Bonchev–Trinajstić information content (AvgIpc) is 3.62. The molecule has 3 heterocycles. The van der Waals surface area contributed by atoms with Crippen molar-refractivity contribution in [2.24, 2.45) is 5.92 Å². The molecule has 0 aliphatic heterocycles. The van der Waals surface area contributed by atoms with E-state index in [1.54, 1.807) is 34.6 Å². The van der Waals surface area contributed by atoms with Gasteiger partial charge in [0.1, 0.15) is 34.8 Å². The number of halogens is 1. The molecule has 4 aromatic rings. The van der Waals surface area contributed by atoms with Crippen LogP contribution < -0.4 is 16.2 Å². The third kappa shape index (κ3) is 6.76. The Labute approximate surface area is 257 Å². The third-order valence-electron chi connectivity index (χ3n) is 7.06. The van der Waals surface area contributed by atoms with Gasteiger partial charge in [0.2, 0.25) is 23.5 Å². The number of carbonyl (C=O) groups excluding carboxylic acids is 3. The summed E-state index contributed by atoms with van der Waals surface area (Å²) in [5.74, 6) is -2.07. The molecule has 4 rings (SSSR count). The molecule has 0 bridgehead atoms. The number of methoxy groups -OCH3 is 1. The van der Waals surface area contributed by atoms with Crippen molar-refractivity contribution in [2.75, 3.05) is 12.4 Å². The van der Waals surface area contributed by atoms with Crippen LogP contribution in [-0.2, 0) is 26.9 Å². The molecule has 0 aliphatic carbocycles. The van der Waals surface area contributed by atoms with Crippen LogP contribution in [0.1, 0.15) is 82.5 Å². The zero-order valence-electron chi connectivity index (χ0n) is 26.6. The Morgan fingerprint density at radius 1 is 1.04 bits per heavy atom. The first-order valence-corrected chi connectivity index (χ1v) is 14.1. The molecular weight excluding hydrogens is 589 g/mol. The minimum Gasteiger partial charge on any atom is -0.453 e. The van der Waals surface area contributed by atoms with Crippen molar-refractivity contribution in [1.82, 2.24) is 30.0 Å². The molecule has 0 saturated carbocycles. The number of oxazole rings is 1. The van der Waals surface area contributed by atoms with Crippen LogP contribution in [0.2, 0.25) is 0 Å². The van der Waals surface area contributed by atoms with Crippen molar-refractivity contribution in [1.29, 1.82) is 0 Å². The second-order valence-corrected chi connectivity index (χ2v) is 12.5. The number of ketones is 1. The van der Waals surface area contributed by atoms with Gasteiger partial charge in [-0.3, -0.25) is 24.3 Å². The van der Waals surface area contributed by atoms with E-state index in [-0.39, 0.29) is 34.6 Å². The van der Waals surface area contributed by atoms with Crippen LogP contribution in [0.25, 0.3) is 11.1 Å². The van der Waals surface area contributed by atoms with Crippen molar-refractivity contribution in [3.63, 3.8) is 0 Å². The van der Waals surface area contributed by atoms with E-state index in [2.05, 4.69) is 35.5 Å². The number of amides is 2. The molecular formula is C30H36FN7O7. The number of hydrogen-bond donors (Lipinski definition) is 2. The van der Waals surface area contributed by atoms with Crippen LogP contribution in [0.5, 0.6) is 0 Å². The van der Waals surface area contributed by atoms with Gasteiger partial charge in [-0.05, 0) is 38.8 Å². The molecule has 0 unspecified atom stereocenters. The Kier molecular flexibility index (Phi) is 8.94. The van der Waals surface area contributed by atoms with Crippen LogP contribution in [0.15, 0.2) is 31.8 Å². The predicted octanol–water partition coefficient (Wildman–Crippen LogP) is 4.04. The topological polar surface area (TPSA) is 184 Å². The molecule has 14 nitrogen and oxygen atoms in total. The van der Waals surface area contributed by atoms with E-state index in [1.165, 1.54) is 18.2 Å². The maximum Gasteiger partial charge on any atom is 0.411 e. The highest BCUT2D eigenvalue weighted by atomic mass is 19.1. The van der Waals surface area contributed by atoms with Crippen molar-refractivity contribution in [3.8, 4) is 0 Å². The maximum atomic E-state index is 13.7. The van der Waals surface area contributed by atoms with E-state index < -0.39 is 58.5 Å². The second-order valence-electron chi connectivity index (χ2n) is 12.5. The second kappa shape index (κ2) is 12.2. The van der Waals surface area contributed by atoms with Gasteiger partial charge < -0.3 is 18.9 Å². The first-order chi connectivity index (χ1) is 20.9. The molecule has 2 N–H and O–H groups in total. The Morgan fingerprint density at radius 3 is 2.36 bits per heavy atom. The molecule has 3 aromatic heterocycles. The fourth-order valence-corrected chi connectivity index (χ4v) is 4.54. The highest BCUT2D eigenvalue weighted by Gasteiger charge is 2.38. The van der Waals surface area contributed by atoms with Crippen molar-refractivity contribution in [2.45, 2.75) is 78.8 Å². The number of benzene rings is 1. The van der Waals surface area contributed by atoms with Crippen LogP contribution in [0.3, 0.4) is 0 Å². The number of carbonyl (C=O) groups is 3. The molecule has 240 valence electrons. The minimum absolute atomic E-state index is 0.0180. The quantitative estimate of drug-likeness (QED) is 0.256. The smallest absolute Gasteiger partial charge is 0.411 e. The number of anilines is 1. The third-order valence-corrected chi connectivity index (χ3v) is 7.06. The van der Waals surface area contributed by atoms with Gasteiger partial charge in [-0.2, -0.15) is 0 Å². The zero-order chi connectivity index (χ0) is 33.4. The fraction of sp³-hybridized carbons (Fsp3) is 0.467. The van der Waals surface area contributed by atoms with Crippen molar-refractivity contribution >= 4 is 34.6 Å². The summed E-state index contributed by atoms with van der Waals surface area (Å²) in [4.78, 5) is 61.1. The lowest BCUT2D eigenvalue weighted by molar-refractivity contribution is -0.122. The Morgan fingerprint density at radius 2 is 1.73 bits per heavy atom. The number of aryl methyl sites for hydroxylation is 1. The first-order valence-electron chi connectivity index (χ1n) is 14.1. The number of Topliss-reactive ketones (excluding diaryl/α,β-unsaturated/α-hetero) is 1. The van der Waals surface area contributed by atoms with Crippen molar-refractivity contribution in [3.05, 3.63) is 63.6 Å². The summed E-state index contributed by atoms with van der Waals surface area (Å²) < 4.78 is 30.9. The number of hydrogen-bond acceptors (Lipinski definition) is 11. The Hall–Kier alpha value is -4.95. The van der Waals surface area contributed by atoms with Gasteiger partial charge in [-0.15, -0.1) is 10.2 Å². The highest BCUT2D eigenvalue weighted by molar-refractivity contribution is 5.98. The molecule has 2 amide bonds. The number of rotatable bonds is 9. The van der Waals surface area contributed by atoms with E-state index >= 15 is 0 Å². The SMILES string of the molecule is COC(=O)Nc1c(C)nc(C(C)(C)C)n(CC(=O)N[C@H](C(=O)c2nnc(C(C)(C)c3nc4ccc(F)cc4o3)o2)C(C)C)c1=O. The summed E-state index contributed by atoms with van der Waals surface area (Å²) in [5, 5.41) is 13.0. The molecule has 45 heavy (non-hydrogen) atoms. The lowest BCUT2D eigenvalue weighted by atomic mass is 9.93. The summed E-state index contributed by atoms with van der Waals surface area (Å²) in [6.07, 6.45) is -0.867. The Bertz CT molecular complexity index is 1830. The molecule has 1 atom stereocenters. The molecule has 0 radical (unpaired) electrons. The monoisotopic (exact) mass is 625 g/mol.